The SMILES string of the molecule is CCOc1cc(C(=O)Nc2ccc(C(=O)N3CCCC3)cc2)cc(OCC)c1OCC. The lowest BCUT2D eigenvalue weighted by atomic mass is 10.1. The van der Waals surface area contributed by atoms with E-state index in [0.29, 0.717) is 53.9 Å². The van der Waals surface area contributed by atoms with Crippen molar-refractivity contribution in [3.63, 3.8) is 0 Å². The van der Waals surface area contributed by atoms with Crippen molar-refractivity contribution in [3.8, 4) is 17.2 Å². The fourth-order valence-corrected chi connectivity index (χ4v) is 3.52. The summed E-state index contributed by atoms with van der Waals surface area (Å²) in [6, 6.07) is 10.3. The van der Waals surface area contributed by atoms with Gasteiger partial charge in [-0.05, 0) is 70.0 Å². The largest absolute Gasteiger partial charge is 0.490 e. The molecule has 0 atom stereocenters. The van der Waals surface area contributed by atoms with Crippen LogP contribution >= 0.6 is 0 Å². The van der Waals surface area contributed by atoms with Crippen LogP contribution in [0.3, 0.4) is 0 Å². The van der Waals surface area contributed by atoms with E-state index in [2.05, 4.69) is 5.32 Å². The first-order valence-electron chi connectivity index (χ1n) is 10.8. The molecule has 3 rings (SSSR count). The van der Waals surface area contributed by atoms with E-state index >= 15 is 0 Å². The molecule has 1 saturated heterocycles. The van der Waals surface area contributed by atoms with Crippen LogP contribution in [-0.2, 0) is 0 Å². The molecule has 1 aliphatic rings. The Bertz CT molecular complexity index is 878. The number of likely N-dealkylation sites (tertiary alicyclic amines) is 1. The molecule has 7 heteroatoms. The highest BCUT2D eigenvalue weighted by atomic mass is 16.5. The molecule has 31 heavy (non-hydrogen) atoms. The number of rotatable bonds is 9. The number of amides is 2. The first-order chi connectivity index (χ1) is 15.1. The standard InChI is InChI=1S/C24H30N2O5/c1-4-29-20-15-18(16-21(30-5-2)22(20)31-6-3)23(27)25-19-11-9-17(10-12-19)24(28)26-13-7-8-14-26/h9-12,15-16H,4-8,13-14H2,1-3H3,(H,25,27). The summed E-state index contributed by atoms with van der Waals surface area (Å²) in [5.41, 5.74) is 1.62. The van der Waals surface area contributed by atoms with Gasteiger partial charge in [0.2, 0.25) is 5.75 Å². The second kappa shape index (κ2) is 10.7. The zero-order valence-corrected chi connectivity index (χ0v) is 18.4. The lowest BCUT2D eigenvalue weighted by Crippen LogP contribution is -2.27. The Morgan fingerprint density at radius 3 is 1.90 bits per heavy atom. The monoisotopic (exact) mass is 426 g/mol. The van der Waals surface area contributed by atoms with Crippen LogP contribution in [0.25, 0.3) is 0 Å². The summed E-state index contributed by atoms with van der Waals surface area (Å²) in [6.45, 7) is 8.55. The number of nitrogens with one attached hydrogen (secondary N) is 1. The van der Waals surface area contributed by atoms with Crippen LogP contribution in [0.15, 0.2) is 36.4 Å². The first kappa shape index (κ1) is 22.5. The van der Waals surface area contributed by atoms with Gasteiger partial charge in [-0.15, -0.1) is 0 Å². The number of hydrogen-bond acceptors (Lipinski definition) is 5. The summed E-state index contributed by atoms with van der Waals surface area (Å²) in [5.74, 6) is 1.15. The predicted octanol–water partition coefficient (Wildman–Crippen LogP) is 4.37. The summed E-state index contributed by atoms with van der Waals surface area (Å²) in [5, 5.41) is 2.87. The molecular weight excluding hydrogens is 396 g/mol. The number of anilines is 1. The Balaban J connectivity index is 1.78. The Labute approximate surface area is 183 Å². The summed E-state index contributed by atoms with van der Waals surface area (Å²) in [6.07, 6.45) is 2.10. The van der Waals surface area contributed by atoms with Gasteiger partial charge in [-0.25, -0.2) is 0 Å². The summed E-state index contributed by atoms with van der Waals surface area (Å²) < 4.78 is 17.0. The molecule has 0 aromatic heterocycles. The highest BCUT2D eigenvalue weighted by molar-refractivity contribution is 6.05. The molecule has 1 N–H and O–H groups in total. The van der Waals surface area contributed by atoms with E-state index in [9.17, 15) is 9.59 Å². The van der Waals surface area contributed by atoms with Gasteiger partial charge in [-0.3, -0.25) is 9.59 Å². The molecule has 0 saturated carbocycles. The van der Waals surface area contributed by atoms with Gasteiger partial charge in [0.25, 0.3) is 11.8 Å². The molecule has 0 unspecified atom stereocenters. The van der Waals surface area contributed by atoms with Crippen molar-refractivity contribution >= 4 is 17.5 Å². The van der Waals surface area contributed by atoms with Crippen molar-refractivity contribution in [2.45, 2.75) is 33.6 Å². The lowest BCUT2D eigenvalue weighted by Gasteiger charge is -2.17. The molecule has 2 aromatic rings. The van der Waals surface area contributed by atoms with Gasteiger partial charge in [0.05, 0.1) is 19.8 Å². The Kier molecular flexibility index (Phi) is 7.76. The smallest absolute Gasteiger partial charge is 0.255 e. The molecule has 1 heterocycles. The number of nitrogens with zero attached hydrogens (tertiary/aromatic N) is 1. The maximum absolute atomic E-state index is 12.9. The van der Waals surface area contributed by atoms with Crippen LogP contribution in [0.1, 0.15) is 54.3 Å². The van der Waals surface area contributed by atoms with E-state index in [4.69, 9.17) is 14.2 Å². The minimum absolute atomic E-state index is 0.0320. The molecule has 1 aliphatic heterocycles. The number of benzene rings is 2. The second-order valence-corrected chi connectivity index (χ2v) is 7.13. The maximum Gasteiger partial charge on any atom is 0.255 e. The molecule has 2 amide bonds. The van der Waals surface area contributed by atoms with Crippen LogP contribution < -0.4 is 19.5 Å². The predicted molar refractivity (Wildman–Crippen MR) is 119 cm³/mol. The van der Waals surface area contributed by atoms with Crippen LogP contribution in [-0.4, -0.2) is 49.6 Å². The Hall–Kier alpha value is -3.22. The van der Waals surface area contributed by atoms with E-state index in [1.807, 2.05) is 25.7 Å². The van der Waals surface area contributed by atoms with Gasteiger partial charge in [0.15, 0.2) is 11.5 Å². The summed E-state index contributed by atoms with van der Waals surface area (Å²) in [7, 11) is 0. The molecule has 0 bridgehead atoms. The molecule has 0 spiro atoms. The summed E-state index contributed by atoms with van der Waals surface area (Å²) >= 11 is 0. The van der Waals surface area contributed by atoms with Crippen LogP contribution in [0.2, 0.25) is 0 Å². The van der Waals surface area contributed by atoms with Crippen molar-refractivity contribution in [3.05, 3.63) is 47.5 Å². The molecule has 7 nitrogen and oxygen atoms in total. The van der Waals surface area contributed by atoms with Crippen molar-refractivity contribution in [2.24, 2.45) is 0 Å². The van der Waals surface area contributed by atoms with E-state index in [1.54, 1.807) is 36.4 Å². The third-order valence-electron chi connectivity index (χ3n) is 4.95. The maximum atomic E-state index is 12.9. The Morgan fingerprint density at radius 1 is 0.839 bits per heavy atom. The number of ether oxygens (including phenoxy) is 3. The topological polar surface area (TPSA) is 77.1 Å². The van der Waals surface area contributed by atoms with Crippen LogP contribution in [0.4, 0.5) is 5.69 Å². The van der Waals surface area contributed by atoms with Crippen molar-refractivity contribution in [2.75, 3.05) is 38.2 Å². The van der Waals surface area contributed by atoms with Gasteiger partial charge in [0, 0.05) is 29.9 Å². The van der Waals surface area contributed by atoms with E-state index in [1.165, 1.54) is 0 Å². The zero-order valence-electron chi connectivity index (χ0n) is 18.4. The van der Waals surface area contributed by atoms with Crippen molar-refractivity contribution in [1.29, 1.82) is 0 Å². The van der Waals surface area contributed by atoms with Crippen LogP contribution in [0.5, 0.6) is 17.2 Å². The molecule has 1 fully saturated rings. The third kappa shape index (κ3) is 5.48. The molecule has 0 radical (unpaired) electrons. The van der Waals surface area contributed by atoms with Gasteiger partial charge < -0.3 is 24.4 Å². The van der Waals surface area contributed by atoms with E-state index in [0.717, 1.165) is 25.9 Å². The fourth-order valence-electron chi connectivity index (χ4n) is 3.52. The zero-order chi connectivity index (χ0) is 22.2. The normalized spacial score (nSPS) is 13.1. The fraction of sp³-hybridized carbons (Fsp3) is 0.417. The van der Waals surface area contributed by atoms with Gasteiger partial charge in [-0.1, -0.05) is 0 Å². The van der Waals surface area contributed by atoms with Gasteiger partial charge in [0.1, 0.15) is 0 Å². The average molecular weight is 427 g/mol. The summed E-state index contributed by atoms with van der Waals surface area (Å²) in [4.78, 5) is 27.2. The quantitative estimate of drug-likeness (QED) is 0.644. The molecule has 0 aliphatic carbocycles. The number of carbonyl (C=O) groups is 2. The van der Waals surface area contributed by atoms with Crippen LogP contribution in [0, 0.1) is 0 Å². The molecule has 2 aromatic carbocycles. The van der Waals surface area contributed by atoms with E-state index in [-0.39, 0.29) is 11.8 Å². The number of hydrogen-bond donors (Lipinski definition) is 1. The minimum Gasteiger partial charge on any atom is -0.490 e. The van der Waals surface area contributed by atoms with E-state index < -0.39 is 0 Å². The molecular formula is C24H30N2O5. The highest BCUT2D eigenvalue weighted by Gasteiger charge is 2.20. The van der Waals surface area contributed by atoms with Crippen molar-refractivity contribution in [1.82, 2.24) is 4.90 Å². The van der Waals surface area contributed by atoms with Gasteiger partial charge in [-0.2, -0.15) is 0 Å². The third-order valence-corrected chi connectivity index (χ3v) is 4.95. The Morgan fingerprint density at radius 2 is 1.39 bits per heavy atom. The number of carbonyl (C=O) groups excluding carboxylic acids is 2. The van der Waals surface area contributed by atoms with Gasteiger partial charge >= 0.3 is 0 Å². The van der Waals surface area contributed by atoms with Crippen molar-refractivity contribution < 1.29 is 23.8 Å². The second-order valence-electron chi connectivity index (χ2n) is 7.13. The lowest BCUT2D eigenvalue weighted by molar-refractivity contribution is 0.0792. The highest BCUT2D eigenvalue weighted by Crippen LogP contribution is 2.39. The minimum atomic E-state index is -0.302. The first-order valence-corrected chi connectivity index (χ1v) is 10.8. The average Bonchev–Trinajstić information content (AvgIpc) is 3.31. The molecule has 166 valence electrons.